The highest BCUT2D eigenvalue weighted by atomic mass is 16.4. The van der Waals surface area contributed by atoms with E-state index in [1.54, 1.807) is 6.20 Å². The van der Waals surface area contributed by atoms with E-state index in [4.69, 9.17) is 10.9 Å². The van der Waals surface area contributed by atoms with Crippen molar-refractivity contribution >= 4 is 11.5 Å². The molecule has 0 amide bonds. The van der Waals surface area contributed by atoms with E-state index in [1.165, 1.54) is 11.1 Å². The molecule has 1 aliphatic heterocycles. The van der Waals surface area contributed by atoms with Gasteiger partial charge in [-0.3, -0.25) is 4.98 Å². The van der Waals surface area contributed by atoms with Crippen molar-refractivity contribution in [2.24, 2.45) is 10.9 Å². The topological polar surface area (TPSA) is 74.7 Å². The summed E-state index contributed by atoms with van der Waals surface area (Å²) in [5, 5.41) is 12.0. The number of nitrogens with two attached hydrogens (primary N) is 1. The lowest BCUT2D eigenvalue weighted by molar-refractivity contribution is 0.318. The summed E-state index contributed by atoms with van der Waals surface area (Å²) in [4.78, 5) is 6.50. The van der Waals surface area contributed by atoms with Crippen LogP contribution in [0.2, 0.25) is 0 Å². The van der Waals surface area contributed by atoms with E-state index in [1.807, 2.05) is 12.1 Å². The molecule has 0 unspecified atom stereocenters. The van der Waals surface area contributed by atoms with Crippen LogP contribution in [0.15, 0.2) is 47.8 Å². The molecule has 108 valence electrons. The zero-order valence-corrected chi connectivity index (χ0v) is 11.7. The van der Waals surface area contributed by atoms with Crippen LogP contribution in [-0.2, 0) is 12.8 Å². The number of aromatic nitrogens is 1. The third kappa shape index (κ3) is 2.67. The highest BCUT2D eigenvalue weighted by Crippen LogP contribution is 2.23. The van der Waals surface area contributed by atoms with E-state index in [0.29, 0.717) is 5.69 Å². The van der Waals surface area contributed by atoms with Crippen molar-refractivity contribution in [2.75, 3.05) is 18.0 Å². The van der Waals surface area contributed by atoms with Crippen molar-refractivity contribution in [2.45, 2.75) is 12.8 Å². The van der Waals surface area contributed by atoms with Crippen molar-refractivity contribution in [3.05, 3.63) is 59.4 Å². The summed E-state index contributed by atoms with van der Waals surface area (Å²) in [6.45, 7) is 1.79. The predicted octanol–water partition coefficient (Wildman–Crippen LogP) is 1.78. The van der Waals surface area contributed by atoms with E-state index in [2.05, 4.69) is 39.3 Å². The number of amidine groups is 1. The second-order valence-electron chi connectivity index (χ2n) is 5.11. The maximum absolute atomic E-state index is 8.91. The van der Waals surface area contributed by atoms with Crippen molar-refractivity contribution in [3.63, 3.8) is 0 Å². The van der Waals surface area contributed by atoms with Crippen LogP contribution in [-0.4, -0.2) is 29.1 Å². The Bertz CT molecular complexity index is 642. The molecule has 1 aromatic carbocycles. The largest absolute Gasteiger partial charge is 0.409 e. The van der Waals surface area contributed by atoms with Crippen molar-refractivity contribution < 1.29 is 5.21 Å². The molecule has 3 N–H and O–H groups in total. The Morgan fingerprint density at radius 3 is 2.38 bits per heavy atom. The van der Waals surface area contributed by atoms with E-state index < -0.39 is 0 Å². The third-order valence-corrected chi connectivity index (χ3v) is 3.90. The fourth-order valence-corrected chi connectivity index (χ4v) is 2.81. The summed E-state index contributed by atoms with van der Waals surface area (Å²) < 4.78 is 0. The Hall–Kier alpha value is -2.56. The summed E-state index contributed by atoms with van der Waals surface area (Å²) in [6.07, 6.45) is 3.63. The Kier molecular flexibility index (Phi) is 3.73. The van der Waals surface area contributed by atoms with Gasteiger partial charge >= 0.3 is 0 Å². The molecule has 0 saturated carbocycles. The molecule has 0 fully saturated rings. The molecule has 5 nitrogen and oxygen atoms in total. The molecule has 0 radical (unpaired) electrons. The first kappa shape index (κ1) is 13.4. The van der Waals surface area contributed by atoms with Crippen molar-refractivity contribution in [1.82, 2.24) is 4.98 Å². The first-order valence-corrected chi connectivity index (χ1v) is 7.04. The molecular formula is C16H18N4O. The number of rotatable bonds is 2. The first-order chi connectivity index (χ1) is 10.3. The van der Waals surface area contributed by atoms with Crippen molar-refractivity contribution in [1.29, 1.82) is 0 Å². The Morgan fingerprint density at radius 2 is 1.76 bits per heavy atom. The molecule has 0 aliphatic carbocycles. The number of hydrogen-bond acceptors (Lipinski definition) is 4. The average Bonchev–Trinajstić information content (AvgIpc) is 2.77. The molecule has 2 heterocycles. The zero-order valence-electron chi connectivity index (χ0n) is 11.7. The number of anilines is 1. The van der Waals surface area contributed by atoms with Crippen LogP contribution in [0, 0.1) is 0 Å². The van der Waals surface area contributed by atoms with Gasteiger partial charge in [-0.15, -0.1) is 0 Å². The van der Waals surface area contributed by atoms with Gasteiger partial charge in [0.25, 0.3) is 0 Å². The van der Waals surface area contributed by atoms with Crippen LogP contribution in [0.4, 0.5) is 5.69 Å². The van der Waals surface area contributed by atoms with Gasteiger partial charge < -0.3 is 15.8 Å². The van der Waals surface area contributed by atoms with Gasteiger partial charge in [-0.05, 0) is 36.1 Å². The second-order valence-corrected chi connectivity index (χ2v) is 5.11. The van der Waals surface area contributed by atoms with E-state index in [0.717, 1.165) is 31.6 Å². The van der Waals surface area contributed by atoms with Gasteiger partial charge in [0.05, 0.1) is 5.69 Å². The fourth-order valence-electron chi connectivity index (χ4n) is 2.81. The van der Waals surface area contributed by atoms with Crippen molar-refractivity contribution in [3.8, 4) is 0 Å². The minimum Gasteiger partial charge on any atom is -0.409 e. The molecule has 0 spiro atoms. The fraction of sp³-hybridized carbons (Fsp3) is 0.250. The number of hydrogen-bond donors (Lipinski definition) is 2. The van der Waals surface area contributed by atoms with Gasteiger partial charge in [0, 0.05) is 19.3 Å². The number of nitrogens with zero attached hydrogens (tertiary/aromatic N) is 3. The molecule has 2 aromatic rings. The number of pyridine rings is 1. The third-order valence-electron chi connectivity index (χ3n) is 3.90. The van der Waals surface area contributed by atoms with Gasteiger partial charge in [0.1, 0.15) is 5.69 Å². The van der Waals surface area contributed by atoms with E-state index in [-0.39, 0.29) is 5.84 Å². The predicted molar refractivity (Wildman–Crippen MR) is 82.8 cm³/mol. The molecule has 21 heavy (non-hydrogen) atoms. The van der Waals surface area contributed by atoms with Gasteiger partial charge in [-0.2, -0.15) is 0 Å². The highest BCUT2D eigenvalue weighted by molar-refractivity contribution is 6.00. The van der Waals surface area contributed by atoms with Gasteiger partial charge in [0.15, 0.2) is 5.84 Å². The van der Waals surface area contributed by atoms with Gasteiger partial charge in [-0.1, -0.05) is 29.4 Å². The SMILES string of the molecule is N/C(=N/O)c1ncccc1N1CCc2ccccc2CC1. The Balaban J connectivity index is 1.90. The van der Waals surface area contributed by atoms with Crippen LogP contribution in [0.1, 0.15) is 16.8 Å². The monoisotopic (exact) mass is 282 g/mol. The number of fused-ring (bicyclic) bond motifs is 1. The smallest absolute Gasteiger partial charge is 0.190 e. The first-order valence-electron chi connectivity index (χ1n) is 7.04. The highest BCUT2D eigenvalue weighted by Gasteiger charge is 2.18. The maximum atomic E-state index is 8.91. The summed E-state index contributed by atoms with van der Waals surface area (Å²) in [7, 11) is 0. The van der Waals surface area contributed by atoms with Crippen LogP contribution < -0.4 is 10.6 Å². The molecule has 1 aliphatic rings. The standard InChI is InChI=1S/C16H18N4O/c17-16(19-21)15-14(6-3-9-18-15)20-10-7-12-4-1-2-5-13(12)8-11-20/h1-6,9,21H,7-8,10-11H2,(H2,17,19). The number of benzene rings is 1. The molecule has 3 rings (SSSR count). The summed E-state index contributed by atoms with van der Waals surface area (Å²) in [5.74, 6) is 0.0485. The maximum Gasteiger partial charge on any atom is 0.190 e. The zero-order chi connectivity index (χ0) is 14.7. The van der Waals surface area contributed by atoms with Crippen LogP contribution in [0.25, 0.3) is 0 Å². The van der Waals surface area contributed by atoms with E-state index >= 15 is 0 Å². The van der Waals surface area contributed by atoms with Crippen LogP contribution in [0.3, 0.4) is 0 Å². The minimum atomic E-state index is 0.0485. The second kappa shape index (κ2) is 5.83. The Labute approximate surface area is 123 Å². The molecule has 1 aromatic heterocycles. The lowest BCUT2D eigenvalue weighted by Crippen LogP contribution is -2.29. The molecule has 0 saturated heterocycles. The summed E-state index contributed by atoms with van der Waals surface area (Å²) >= 11 is 0. The lowest BCUT2D eigenvalue weighted by Gasteiger charge is -2.24. The normalized spacial score (nSPS) is 15.4. The molecule has 0 bridgehead atoms. The van der Waals surface area contributed by atoms with Crippen LogP contribution in [0.5, 0.6) is 0 Å². The summed E-state index contributed by atoms with van der Waals surface area (Å²) in [6, 6.07) is 12.4. The quantitative estimate of drug-likeness (QED) is 0.381. The number of oxime groups is 1. The average molecular weight is 282 g/mol. The minimum absolute atomic E-state index is 0.0485. The lowest BCUT2D eigenvalue weighted by atomic mass is 10.0. The Morgan fingerprint density at radius 1 is 1.10 bits per heavy atom. The summed E-state index contributed by atoms with van der Waals surface area (Å²) in [5.41, 5.74) is 9.98. The molecule has 5 heteroatoms. The van der Waals surface area contributed by atoms with Gasteiger partial charge in [0.2, 0.25) is 0 Å². The van der Waals surface area contributed by atoms with Gasteiger partial charge in [-0.25, -0.2) is 0 Å². The molecule has 0 atom stereocenters. The molecular weight excluding hydrogens is 264 g/mol. The van der Waals surface area contributed by atoms with Crippen LogP contribution >= 0.6 is 0 Å². The van der Waals surface area contributed by atoms with E-state index in [9.17, 15) is 0 Å².